The molecule has 48 heavy (non-hydrogen) atoms. The molecule has 0 saturated carbocycles. The van der Waals surface area contributed by atoms with E-state index in [-0.39, 0.29) is 71.7 Å². The molecule has 0 saturated heterocycles. The average Bonchev–Trinajstić information content (AvgIpc) is 3.72. The van der Waals surface area contributed by atoms with Gasteiger partial charge in [0.15, 0.2) is 0 Å². The molecule has 14 heteroatoms. The first kappa shape index (κ1) is 39.1. The number of thiazole rings is 2. The van der Waals surface area contributed by atoms with Crippen molar-refractivity contribution >= 4 is 58.7 Å². The minimum absolute atomic E-state index is 0. The SMILES string of the molecule is CC(C)CC1NC(=O)CCCN(C(=O)[C@H](N)CC(C)C)CCCNC(=O)c2csc(n2)[C@H](Cc2ccccc2)NC(=O)c2csc1n2.Cl. The summed E-state index contributed by atoms with van der Waals surface area (Å²) in [7, 11) is 0. The van der Waals surface area contributed by atoms with Crippen LogP contribution in [0.25, 0.3) is 0 Å². The van der Waals surface area contributed by atoms with E-state index in [2.05, 4.69) is 39.8 Å². The lowest BCUT2D eigenvalue weighted by Crippen LogP contribution is -2.46. The number of nitrogens with zero attached hydrogens (tertiary/aromatic N) is 3. The number of hydrogen-bond donors (Lipinski definition) is 4. The predicted molar refractivity (Wildman–Crippen MR) is 192 cm³/mol. The summed E-state index contributed by atoms with van der Waals surface area (Å²) in [5, 5.41) is 13.8. The molecule has 3 heterocycles. The molecule has 4 amide bonds. The molecular formula is C34H48ClN7O4S2. The molecule has 1 aliphatic heterocycles. The fraction of sp³-hybridized carbons (Fsp3) is 0.529. The largest absolute Gasteiger partial charge is 0.351 e. The molecule has 2 aromatic heterocycles. The van der Waals surface area contributed by atoms with Crippen LogP contribution in [0.15, 0.2) is 41.1 Å². The highest BCUT2D eigenvalue weighted by Gasteiger charge is 2.26. The Morgan fingerprint density at radius 3 is 2.17 bits per heavy atom. The van der Waals surface area contributed by atoms with Crippen molar-refractivity contribution in [3.05, 3.63) is 68.1 Å². The number of rotatable bonds is 7. The fourth-order valence-electron chi connectivity index (χ4n) is 5.51. The van der Waals surface area contributed by atoms with Crippen molar-refractivity contribution in [1.82, 2.24) is 30.8 Å². The molecule has 1 aliphatic rings. The summed E-state index contributed by atoms with van der Waals surface area (Å²) in [6, 6.07) is 8.31. The van der Waals surface area contributed by atoms with Crippen LogP contribution in [0, 0.1) is 11.8 Å². The first-order valence-corrected chi connectivity index (χ1v) is 18.1. The Morgan fingerprint density at radius 2 is 1.52 bits per heavy atom. The number of amides is 4. The molecule has 0 radical (unpaired) electrons. The topological polar surface area (TPSA) is 159 Å². The van der Waals surface area contributed by atoms with Crippen LogP contribution in [0.2, 0.25) is 0 Å². The number of benzene rings is 1. The highest BCUT2D eigenvalue weighted by molar-refractivity contribution is 7.10. The number of hydrogen-bond acceptors (Lipinski definition) is 9. The summed E-state index contributed by atoms with van der Waals surface area (Å²) >= 11 is 2.65. The molecule has 1 unspecified atom stereocenters. The van der Waals surface area contributed by atoms with Crippen molar-refractivity contribution in [2.75, 3.05) is 19.6 Å². The fourth-order valence-corrected chi connectivity index (χ4v) is 7.23. The van der Waals surface area contributed by atoms with E-state index in [4.69, 9.17) is 5.73 Å². The van der Waals surface area contributed by atoms with Gasteiger partial charge in [0, 0.05) is 36.8 Å². The van der Waals surface area contributed by atoms with Gasteiger partial charge in [-0.2, -0.15) is 0 Å². The number of carbonyl (C=O) groups excluding carboxylic acids is 4. The maximum atomic E-state index is 13.5. The molecule has 262 valence electrons. The van der Waals surface area contributed by atoms with Gasteiger partial charge in [0.1, 0.15) is 21.4 Å². The first-order chi connectivity index (χ1) is 22.5. The third kappa shape index (κ3) is 11.6. The highest BCUT2D eigenvalue weighted by Crippen LogP contribution is 2.27. The Hall–Kier alpha value is -3.39. The van der Waals surface area contributed by atoms with Crippen molar-refractivity contribution in [3.63, 3.8) is 0 Å². The van der Waals surface area contributed by atoms with Crippen molar-refractivity contribution in [2.24, 2.45) is 17.6 Å². The quantitative estimate of drug-likeness (QED) is 0.266. The van der Waals surface area contributed by atoms with E-state index in [1.165, 1.54) is 22.7 Å². The van der Waals surface area contributed by atoms with Gasteiger partial charge in [-0.15, -0.1) is 35.1 Å². The summed E-state index contributed by atoms with van der Waals surface area (Å²) in [4.78, 5) is 64.0. The Kier molecular flexibility index (Phi) is 15.4. The van der Waals surface area contributed by atoms with Crippen LogP contribution in [0.4, 0.5) is 0 Å². The Bertz CT molecular complexity index is 1500. The third-order valence-electron chi connectivity index (χ3n) is 7.81. The lowest BCUT2D eigenvalue weighted by Gasteiger charge is -2.27. The van der Waals surface area contributed by atoms with Crippen LogP contribution in [0.5, 0.6) is 0 Å². The van der Waals surface area contributed by atoms with E-state index >= 15 is 0 Å². The number of fused-ring (bicyclic) bond motifs is 4. The van der Waals surface area contributed by atoms with Crippen LogP contribution in [-0.4, -0.2) is 64.2 Å². The van der Waals surface area contributed by atoms with Gasteiger partial charge >= 0.3 is 0 Å². The molecule has 11 nitrogen and oxygen atoms in total. The number of carbonyl (C=O) groups is 4. The van der Waals surface area contributed by atoms with Crippen LogP contribution in [0.3, 0.4) is 0 Å². The molecule has 1 aromatic carbocycles. The van der Waals surface area contributed by atoms with Crippen molar-refractivity contribution in [2.45, 2.75) is 84.3 Å². The van der Waals surface area contributed by atoms with Crippen molar-refractivity contribution in [1.29, 1.82) is 0 Å². The van der Waals surface area contributed by atoms with Crippen LogP contribution < -0.4 is 21.7 Å². The maximum Gasteiger partial charge on any atom is 0.271 e. The highest BCUT2D eigenvalue weighted by atomic mass is 35.5. The second kappa shape index (κ2) is 19.0. The zero-order valence-corrected chi connectivity index (χ0v) is 30.5. The maximum absolute atomic E-state index is 13.5. The molecule has 3 aromatic rings. The zero-order valence-electron chi connectivity index (χ0n) is 28.1. The molecule has 3 atom stereocenters. The van der Waals surface area contributed by atoms with Gasteiger partial charge in [0.05, 0.1) is 18.1 Å². The van der Waals surface area contributed by atoms with Crippen molar-refractivity contribution in [3.8, 4) is 0 Å². The van der Waals surface area contributed by atoms with E-state index in [0.29, 0.717) is 61.8 Å². The van der Waals surface area contributed by atoms with Gasteiger partial charge in [-0.1, -0.05) is 58.0 Å². The lowest BCUT2D eigenvalue weighted by molar-refractivity contribution is -0.133. The molecular weight excluding hydrogens is 670 g/mol. The van der Waals surface area contributed by atoms with Gasteiger partial charge in [0.25, 0.3) is 11.8 Å². The summed E-state index contributed by atoms with van der Waals surface area (Å²) in [6.45, 7) is 9.31. The molecule has 4 bridgehead atoms. The number of nitrogens with two attached hydrogens (primary N) is 1. The van der Waals surface area contributed by atoms with Crippen molar-refractivity contribution < 1.29 is 19.2 Å². The van der Waals surface area contributed by atoms with E-state index in [9.17, 15) is 19.2 Å². The molecule has 0 aliphatic carbocycles. The molecule has 5 N–H and O–H groups in total. The second-order valence-electron chi connectivity index (χ2n) is 12.9. The van der Waals surface area contributed by atoms with Gasteiger partial charge in [-0.05, 0) is 49.5 Å². The monoisotopic (exact) mass is 717 g/mol. The van der Waals surface area contributed by atoms with Gasteiger partial charge in [-0.25, -0.2) is 9.97 Å². The molecule has 0 spiro atoms. The predicted octanol–water partition coefficient (Wildman–Crippen LogP) is 5.05. The number of halogens is 1. The van der Waals surface area contributed by atoms with E-state index in [0.717, 1.165) is 5.56 Å². The average molecular weight is 718 g/mol. The lowest BCUT2D eigenvalue weighted by atomic mass is 10.0. The molecule has 0 fully saturated rings. The standard InChI is InChI=1S/C34H47N7O4S2.ClH/c1-21(2)16-24(35)34(45)41-14-8-12-29(42)37-25(17-22(3)4)32-40-28(20-47-32)31(44)38-26(18-23-10-6-5-7-11-23)33-39-27(19-46-33)30(43)36-13-9-15-41;/h5-7,10-11,19-22,24-26H,8-9,12-18,35H2,1-4H3,(H,36,43)(H,37,42)(H,38,44);1H/t24-,25?,26+;/m1./s1. The third-order valence-corrected chi connectivity index (χ3v) is 9.73. The minimum Gasteiger partial charge on any atom is -0.351 e. The van der Waals surface area contributed by atoms with E-state index in [1.807, 2.05) is 44.2 Å². The molecule has 4 rings (SSSR count). The van der Waals surface area contributed by atoms with Crippen LogP contribution >= 0.6 is 35.1 Å². The number of nitrogens with one attached hydrogen (secondary N) is 3. The first-order valence-electron chi connectivity index (χ1n) is 16.4. The van der Waals surface area contributed by atoms with Gasteiger partial charge in [-0.3, -0.25) is 19.2 Å². The van der Waals surface area contributed by atoms with Crippen LogP contribution in [0.1, 0.15) is 108 Å². The summed E-state index contributed by atoms with van der Waals surface area (Å²) in [5.74, 6) is -0.428. The summed E-state index contributed by atoms with van der Waals surface area (Å²) < 4.78 is 0. The van der Waals surface area contributed by atoms with Gasteiger partial charge < -0.3 is 26.6 Å². The zero-order chi connectivity index (χ0) is 33.9. The van der Waals surface area contributed by atoms with E-state index in [1.54, 1.807) is 15.7 Å². The van der Waals surface area contributed by atoms with E-state index < -0.39 is 12.1 Å². The summed E-state index contributed by atoms with van der Waals surface area (Å²) in [5.41, 5.74) is 7.81. The second-order valence-corrected chi connectivity index (χ2v) is 14.7. The van der Waals surface area contributed by atoms with Gasteiger partial charge in [0.2, 0.25) is 11.8 Å². The Labute approximate surface area is 297 Å². The van der Waals surface area contributed by atoms with Crippen LogP contribution in [-0.2, 0) is 16.0 Å². The summed E-state index contributed by atoms with van der Waals surface area (Å²) in [6.07, 6.45) is 2.91. The Morgan fingerprint density at radius 1 is 0.896 bits per heavy atom. The number of aromatic nitrogens is 2. The smallest absolute Gasteiger partial charge is 0.271 e. The minimum atomic E-state index is -0.629. The Balaban J connectivity index is 0.00000625. The normalized spacial score (nSPS) is 19.1.